The van der Waals surface area contributed by atoms with Crippen molar-refractivity contribution in [1.29, 1.82) is 0 Å². The van der Waals surface area contributed by atoms with Gasteiger partial charge in [0.2, 0.25) is 5.95 Å². The summed E-state index contributed by atoms with van der Waals surface area (Å²) >= 11 is 0. The van der Waals surface area contributed by atoms with Crippen molar-refractivity contribution < 1.29 is 0 Å². The predicted octanol–water partition coefficient (Wildman–Crippen LogP) is 1.36. The molecule has 1 saturated heterocycles. The number of nitrogens with one attached hydrogen (secondary N) is 1. The first kappa shape index (κ1) is 11.3. The lowest BCUT2D eigenvalue weighted by atomic mass is 10.2. The third-order valence-corrected chi connectivity index (χ3v) is 2.96. The van der Waals surface area contributed by atoms with Gasteiger partial charge in [0.05, 0.1) is 0 Å². The molecule has 88 valence electrons. The van der Waals surface area contributed by atoms with Crippen molar-refractivity contribution in [3.8, 4) is 0 Å². The van der Waals surface area contributed by atoms with Gasteiger partial charge in [0, 0.05) is 31.5 Å². The van der Waals surface area contributed by atoms with Crippen molar-refractivity contribution in [2.24, 2.45) is 0 Å². The van der Waals surface area contributed by atoms with E-state index in [0.29, 0.717) is 6.04 Å². The molecule has 1 fully saturated rings. The number of aromatic nitrogens is 2. The Labute approximate surface area is 97.1 Å². The Morgan fingerprint density at radius 1 is 1.44 bits per heavy atom. The fourth-order valence-corrected chi connectivity index (χ4v) is 2.13. The van der Waals surface area contributed by atoms with Crippen LogP contribution >= 0.6 is 0 Å². The Morgan fingerprint density at radius 2 is 2.19 bits per heavy atom. The first-order valence-corrected chi connectivity index (χ1v) is 6.07. The van der Waals surface area contributed by atoms with Crippen LogP contribution in [0.15, 0.2) is 12.4 Å². The normalized spacial score (nSPS) is 20.0. The molecule has 0 amide bonds. The van der Waals surface area contributed by atoms with E-state index in [0.717, 1.165) is 37.6 Å². The Balaban J connectivity index is 2.14. The molecule has 4 nitrogen and oxygen atoms in total. The number of hydrogen-bond acceptors (Lipinski definition) is 4. The average molecular weight is 220 g/mol. The van der Waals surface area contributed by atoms with Crippen molar-refractivity contribution in [3.05, 3.63) is 18.0 Å². The van der Waals surface area contributed by atoms with Crippen molar-refractivity contribution in [2.45, 2.75) is 32.7 Å². The highest BCUT2D eigenvalue weighted by Gasteiger charge is 2.23. The molecule has 2 heterocycles. The highest BCUT2D eigenvalue weighted by molar-refractivity contribution is 5.32. The van der Waals surface area contributed by atoms with Crippen molar-refractivity contribution in [3.63, 3.8) is 0 Å². The van der Waals surface area contributed by atoms with Crippen molar-refractivity contribution in [2.75, 3.05) is 24.5 Å². The summed E-state index contributed by atoms with van der Waals surface area (Å²) in [5.41, 5.74) is 1.12. The number of hydrogen-bond donors (Lipinski definition) is 1. The minimum absolute atomic E-state index is 0.558. The number of rotatable bonds is 4. The van der Waals surface area contributed by atoms with E-state index in [1.165, 1.54) is 6.42 Å². The van der Waals surface area contributed by atoms with Crippen LogP contribution in [0.25, 0.3) is 0 Å². The molecule has 1 unspecified atom stereocenters. The molecule has 0 aromatic carbocycles. The molecule has 1 aromatic rings. The molecule has 1 atom stereocenters. The van der Waals surface area contributed by atoms with Gasteiger partial charge in [-0.15, -0.1) is 0 Å². The van der Waals surface area contributed by atoms with E-state index in [2.05, 4.69) is 27.1 Å². The van der Waals surface area contributed by atoms with Crippen LogP contribution < -0.4 is 10.2 Å². The highest BCUT2D eigenvalue weighted by Crippen LogP contribution is 2.16. The lowest BCUT2D eigenvalue weighted by Gasteiger charge is -2.28. The lowest BCUT2D eigenvalue weighted by molar-refractivity contribution is 0.609. The van der Waals surface area contributed by atoms with E-state index >= 15 is 0 Å². The van der Waals surface area contributed by atoms with Gasteiger partial charge in [-0.2, -0.15) is 0 Å². The summed E-state index contributed by atoms with van der Waals surface area (Å²) in [6.07, 6.45) is 6.12. The van der Waals surface area contributed by atoms with Crippen LogP contribution in [-0.2, 0) is 0 Å². The first-order chi connectivity index (χ1) is 7.81. The largest absolute Gasteiger partial charge is 0.337 e. The zero-order chi connectivity index (χ0) is 11.4. The zero-order valence-electron chi connectivity index (χ0n) is 10.1. The van der Waals surface area contributed by atoms with E-state index in [4.69, 9.17) is 0 Å². The van der Waals surface area contributed by atoms with E-state index in [1.54, 1.807) is 0 Å². The van der Waals surface area contributed by atoms with Crippen molar-refractivity contribution >= 4 is 5.95 Å². The first-order valence-electron chi connectivity index (χ1n) is 6.07. The highest BCUT2D eigenvalue weighted by atomic mass is 15.3. The Hall–Kier alpha value is -1.16. The van der Waals surface area contributed by atoms with Gasteiger partial charge < -0.3 is 10.2 Å². The van der Waals surface area contributed by atoms with Crippen LogP contribution in [0.2, 0.25) is 0 Å². The fraction of sp³-hybridized carbons (Fsp3) is 0.667. The van der Waals surface area contributed by atoms with Gasteiger partial charge in [0.15, 0.2) is 0 Å². The topological polar surface area (TPSA) is 41.1 Å². The molecule has 1 aliphatic rings. The second-order valence-corrected chi connectivity index (χ2v) is 4.40. The minimum atomic E-state index is 0.558. The summed E-state index contributed by atoms with van der Waals surface area (Å²) in [6, 6.07) is 0.558. The van der Waals surface area contributed by atoms with Gasteiger partial charge in [-0.3, -0.25) is 0 Å². The molecular weight excluding hydrogens is 200 g/mol. The maximum atomic E-state index is 4.43. The molecule has 0 spiro atoms. The van der Waals surface area contributed by atoms with Crippen LogP contribution in [0.1, 0.15) is 25.3 Å². The number of anilines is 1. The molecule has 1 aromatic heterocycles. The summed E-state index contributed by atoms with van der Waals surface area (Å²) in [5, 5.41) is 3.40. The van der Waals surface area contributed by atoms with Crippen LogP contribution in [-0.4, -0.2) is 35.6 Å². The molecule has 0 saturated carbocycles. The zero-order valence-corrected chi connectivity index (χ0v) is 10.1. The van der Waals surface area contributed by atoms with E-state index < -0.39 is 0 Å². The number of nitrogens with zero attached hydrogens (tertiary/aromatic N) is 3. The number of aryl methyl sites for hydroxylation is 1. The van der Waals surface area contributed by atoms with E-state index in [9.17, 15) is 0 Å². The lowest BCUT2D eigenvalue weighted by Crippen LogP contribution is -2.38. The van der Waals surface area contributed by atoms with Gasteiger partial charge in [0.25, 0.3) is 0 Å². The van der Waals surface area contributed by atoms with Crippen molar-refractivity contribution in [1.82, 2.24) is 15.3 Å². The molecule has 2 rings (SSSR count). The van der Waals surface area contributed by atoms with Crippen LogP contribution in [0, 0.1) is 6.92 Å². The van der Waals surface area contributed by atoms with E-state index in [1.807, 2.05) is 19.3 Å². The monoisotopic (exact) mass is 220 g/mol. The fourth-order valence-electron chi connectivity index (χ4n) is 2.13. The molecule has 16 heavy (non-hydrogen) atoms. The SMILES string of the molecule is CCCN(c1ncc(C)cn1)C1CCNC1. The molecule has 1 N–H and O–H groups in total. The van der Waals surface area contributed by atoms with Gasteiger partial charge in [-0.05, 0) is 31.9 Å². The summed E-state index contributed by atoms with van der Waals surface area (Å²) in [7, 11) is 0. The van der Waals surface area contributed by atoms with Gasteiger partial charge in [0.1, 0.15) is 0 Å². The molecular formula is C12H20N4. The third kappa shape index (κ3) is 2.50. The Bertz CT molecular complexity index is 316. The Morgan fingerprint density at radius 3 is 2.75 bits per heavy atom. The summed E-state index contributed by atoms with van der Waals surface area (Å²) < 4.78 is 0. The molecule has 0 bridgehead atoms. The molecule has 4 heteroatoms. The molecule has 0 radical (unpaired) electrons. The van der Waals surface area contributed by atoms with Crippen LogP contribution in [0.5, 0.6) is 0 Å². The second-order valence-electron chi connectivity index (χ2n) is 4.40. The van der Waals surface area contributed by atoms with Crippen LogP contribution in [0.4, 0.5) is 5.95 Å². The van der Waals surface area contributed by atoms with Crippen LogP contribution in [0.3, 0.4) is 0 Å². The van der Waals surface area contributed by atoms with Gasteiger partial charge in [-0.1, -0.05) is 6.92 Å². The second kappa shape index (κ2) is 5.25. The maximum absolute atomic E-state index is 4.43. The third-order valence-electron chi connectivity index (χ3n) is 2.96. The van der Waals surface area contributed by atoms with Gasteiger partial charge >= 0.3 is 0 Å². The smallest absolute Gasteiger partial charge is 0.225 e. The van der Waals surface area contributed by atoms with E-state index in [-0.39, 0.29) is 0 Å². The summed E-state index contributed by atoms with van der Waals surface area (Å²) in [5.74, 6) is 0.876. The quantitative estimate of drug-likeness (QED) is 0.832. The standard InChI is InChI=1S/C12H20N4/c1-3-6-16(11-4-5-13-9-11)12-14-7-10(2)8-15-12/h7-8,11,13H,3-6,9H2,1-2H3. The summed E-state index contributed by atoms with van der Waals surface area (Å²) in [6.45, 7) is 7.41. The Kier molecular flexibility index (Phi) is 3.72. The molecule has 0 aliphatic carbocycles. The maximum Gasteiger partial charge on any atom is 0.225 e. The van der Waals surface area contributed by atoms with Gasteiger partial charge in [-0.25, -0.2) is 9.97 Å². The summed E-state index contributed by atoms with van der Waals surface area (Å²) in [4.78, 5) is 11.2. The minimum Gasteiger partial charge on any atom is -0.337 e. The molecule has 1 aliphatic heterocycles. The predicted molar refractivity (Wildman–Crippen MR) is 65.7 cm³/mol. The average Bonchev–Trinajstić information content (AvgIpc) is 2.81.